The Hall–Kier alpha value is -1.27. The van der Waals surface area contributed by atoms with E-state index in [1.165, 1.54) is 0 Å². The van der Waals surface area contributed by atoms with Gasteiger partial charge in [-0.25, -0.2) is 8.42 Å². The molecule has 0 aromatic carbocycles. The van der Waals surface area contributed by atoms with Gasteiger partial charge in [0, 0.05) is 23.3 Å². The molecule has 0 amide bonds. The molecule has 0 spiro atoms. The van der Waals surface area contributed by atoms with Gasteiger partial charge in [0.1, 0.15) is 5.70 Å². The zero-order valence-corrected chi connectivity index (χ0v) is 13.9. The third-order valence-corrected chi connectivity index (χ3v) is 4.92. The summed E-state index contributed by atoms with van der Waals surface area (Å²) in [6.45, 7) is 6.97. The van der Waals surface area contributed by atoms with Crippen LogP contribution in [0.3, 0.4) is 0 Å². The first-order chi connectivity index (χ1) is 9.46. The summed E-state index contributed by atoms with van der Waals surface area (Å²) in [6.07, 6.45) is 4.98. The summed E-state index contributed by atoms with van der Waals surface area (Å²) in [5.74, 6) is 0.0232. The quantitative estimate of drug-likeness (QED) is 0.577. The monoisotopic (exact) mass is 356 g/mol. The predicted molar refractivity (Wildman–Crippen MR) is 87.3 cm³/mol. The Morgan fingerprint density at radius 2 is 2.20 bits per heavy atom. The van der Waals surface area contributed by atoms with Gasteiger partial charge in [-0.05, 0) is 35.0 Å². The highest BCUT2D eigenvalue weighted by atomic mass is 79.9. The molecular formula is C14H17BrN2O2S. The lowest BCUT2D eigenvalue weighted by Crippen LogP contribution is -2.09. The van der Waals surface area contributed by atoms with Crippen molar-refractivity contribution in [1.29, 1.82) is 0 Å². The van der Waals surface area contributed by atoms with Gasteiger partial charge in [0.05, 0.1) is 16.4 Å². The van der Waals surface area contributed by atoms with Crippen molar-refractivity contribution < 1.29 is 8.42 Å². The molecular weight excluding hydrogens is 340 g/mol. The summed E-state index contributed by atoms with van der Waals surface area (Å²) in [7, 11) is -3.36. The number of allylic oxidation sites excluding steroid dienone is 2. The zero-order chi connectivity index (χ0) is 15.2. The van der Waals surface area contributed by atoms with Gasteiger partial charge in [-0.15, -0.1) is 6.58 Å². The fourth-order valence-corrected chi connectivity index (χ4v) is 3.01. The van der Waals surface area contributed by atoms with Crippen molar-refractivity contribution in [3.8, 4) is 0 Å². The van der Waals surface area contributed by atoms with E-state index in [-0.39, 0.29) is 17.1 Å². The summed E-state index contributed by atoms with van der Waals surface area (Å²) < 4.78 is 25.3. The Kier molecular flexibility index (Phi) is 6.29. The van der Waals surface area contributed by atoms with Crippen LogP contribution >= 0.6 is 15.9 Å². The number of rotatable bonds is 6. The van der Waals surface area contributed by atoms with Crippen molar-refractivity contribution in [3.63, 3.8) is 0 Å². The minimum atomic E-state index is -3.36. The third kappa shape index (κ3) is 4.11. The van der Waals surface area contributed by atoms with E-state index >= 15 is 0 Å². The molecule has 0 aliphatic heterocycles. The van der Waals surface area contributed by atoms with Crippen LogP contribution in [0.1, 0.15) is 26.0 Å². The molecule has 0 fully saturated rings. The Morgan fingerprint density at radius 3 is 2.65 bits per heavy atom. The highest BCUT2D eigenvalue weighted by Gasteiger charge is 2.20. The van der Waals surface area contributed by atoms with Crippen molar-refractivity contribution in [2.75, 3.05) is 5.75 Å². The second-order valence-corrected chi connectivity index (χ2v) is 7.13. The summed E-state index contributed by atoms with van der Waals surface area (Å²) in [6, 6.07) is 3.54. The van der Waals surface area contributed by atoms with Crippen molar-refractivity contribution in [2.24, 2.45) is 4.99 Å². The van der Waals surface area contributed by atoms with E-state index in [1.54, 1.807) is 44.5 Å². The molecule has 6 heteroatoms. The van der Waals surface area contributed by atoms with Gasteiger partial charge in [-0.1, -0.05) is 13.0 Å². The minimum absolute atomic E-state index is 0.0232. The summed E-state index contributed by atoms with van der Waals surface area (Å²) in [4.78, 5) is 8.69. The lowest BCUT2D eigenvalue weighted by atomic mass is 10.2. The van der Waals surface area contributed by atoms with Gasteiger partial charge in [-0.3, -0.25) is 9.98 Å². The lowest BCUT2D eigenvalue weighted by molar-refractivity contribution is 0.602. The number of sulfone groups is 1. The van der Waals surface area contributed by atoms with Crippen LogP contribution < -0.4 is 0 Å². The van der Waals surface area contributed by atoms with Crippen LogP contribution in [-0.2, 0) is 9.84 Å². The van der Waals surface area contributed by atoms with E-state index in [0.29, 0.717) is 11.4 Å². The van der Waals surface area contributed by atoms with Gasteiger partial charge in [0.25, 0.3) is 0 Å². The number of hydrogen-bond donors (Lipinski definition) is 0. The smallest absolute Gasteiger partial charge is 0.176 e. The SMILES string of the molecule is C=CC/C(=C(\N=C/C)c1ccc(Br)cn1)S(=O)(=O)CC. The molecule has 1 aromatic rings. The molecule has 1 heterocycles. The third-order valence-electron chi connectivity index (χ3n) is 2.58. The van der Waals surface area contributed by atoms with E-state index in [2.05, 4.69) is 32.5 Å². The van der Waals surface area contributed by atoms with Crippen molar-refractivity contribution in [2.45, 2.75) is 20.3 Å². The Morgan fingerprint density at radius 1 is 1.50 bits per heavy atom. The Labute approximate surface area is 128 Å². The molecule has 20 heavy (non-hydrogen) atoms. The van der Waals surface area contributed by atoms with Crippen LogP contribution in [0.2, 0.25) is 0 Å². The minimum Gasteiger partial charge on any atom is -0.258 e. The molecule has 0 atom stereocenters. The number of aliphatic imine (C=N–C) groups is 1. The first-order valence-electron chi connectivity index (χ1n) is 6.13. The van der Waals surface area contributed by atoms with E-state index < -0.39 is 9.84 Å². The second-order valence-electron chi connectivity index (χ2n) is 3.92. The van der Waals surface area contributed by atoms with Crippen molar-refractivity contribution >= 4 is 37.7 Å². The molecule has 0 radical (unpaired) electrons. The number of nitrogens with zero attached hydrogens (tertiary/aromatic N) is 2. The fourth-order valence-electron chi connectivity index (χ4n) is 1.60. The molecule has 108 valence electrons. The molecule has 1 rings (SSSR count). The van der Waals surface area contributed by atoms with Gasteiger partial charge in [0.2, 0.25) is 0 Å². The first-order valence-corrected chi connectivity index (χ1v) is 8.58. The molecule has 0 N–H and O–H groups in total. The average molecular weight is 357 g/mol. The van der Waals surface area contributed by atoms with Crippen LogP contribution in [-0.4, -0.2) is 25.4 Å². The van der Waals surface area contributed by atoms with Gasteiger partial charge < -0.3 is 0 Å². The van der Waals surface area contributed by atoms with Crippen LogP contribution in [0.15, 0.2) is 45.4 Å². The van der Waals surface area contributed by atoms with Crippen LogP contribution in [0.5, 0.6) is 0 Å². The maximum Gasteiger partial charge on any atom is 0.176 e. The van der Waals surface area contributed by atoms with E-state index in [4.69, 9.17) is 0 Å². The largest absolute Gasteiger partial charge is 0.258 e. The number of halogens is 1. The van der Waals surface area contributed by atoms with E-state index in [1.807, 2.05) is 0 Å². The summed E-state index contributed by atoms with van der Waals surface area (Å²) >= 11 is 3.30. The van der Waals surface area contributed by atoms with Gasteiger partial charge >= 0.3 is 0 Å². The number of hydrogen-bond acceptors (Lipinski definition) is 4. The highest BCUT2D eigenvalue weighted by molar-refractivity contribution is 9.10. The maximum absolute atomic E-state index is 12.2. The van der Waals surface area contributed by atoms with Crippen molar-refractivity contribution in [3.05, 3.63) is 46.1 Å². The van der Waals surface area contributed by atoms with Crippen LogP contribution in [0.25, 0.3) is 5.70 Å². The molecule has 0 unspecified atom stereocenters. The fraction of sp³-hybridized carbons (Fsp3) is 0.286. The number of aromatic nitrogens is 1. The average Bonchev–Trinajstić information content (AvgIpc) is 2.43. The van der Waals surface area contributed by atoms with Crippen molar-refractivity contribution in [1.82, 2.24) is 4.98 Å². The van der Waals surface area contributed by atoms with Crippen LogP contribution in [0.4, 0.5) is 0 Å². The lowest BCUT2D eigenvalue weighted by Gasteiger charge is -2.10. The second kappa shape index (κ2) is 7.50. The maximum atomic E-state index is 12.2. The normalized spacial score (nSPS) is 13.3. The predicted octanol–water partition coefficient (Wildman–Crippen LogP) is 3.61. The molecule has 0 bridgehead atoms. The highest BCUT2D eigenvalue weighted by Crippen LogP contribution is 2.26. The zero-order valence-electron chi connectivity index (χ0n) is 11.5. The summed E-state index contributed by atoms with van der Waals surface area (Å²) in [5, 5.41) is 0. The Balaban J connectivity index is 3.58. The molecule has 0 aliphatic carbocycles. The number of pyridine rings is 1. The standard InChI is InChI=1S/C14H17BrN2O2S/c1-4-7-13(20(18,19)6-3)14(16-5-2)12-9-8-11(15)10-17-12/h4-5,8-10H,1,6-7H2,2-3H3/b14-13+,16-5-. The first kappa shape index (κ1) is 16.8. The molecule has 0 aliphatic rings. The van der Waals surface area contributed by atoms with E-state index in [0.717, 1.165) is 4.47 Å². The van der Waals surface area contributed by atoms with Gasteiger partial charge in [0.15, 0.2) is 9.84 Å². The van der Waals surface area contributed by atoms with Crippen LogP contribution in [0, 0.1) is 0 Å². The van der Waals surface area contributed by atoms with Gasteiger partial charge in [-0.2, -0.15) is 0 Å². The topological polar surface area (TPSA) is 59.4 Å². The molecule has 0 saturated carbocycles. The van der Waals surface area contributed by atoms with E-state index in [9.17, 15) is 8.42 Å². The Bertz CT molecular complexity index is 632. The molecule has 1 aromatic heterocycles. The molecule has 0 saturated heterocycles. The molecule has 4 nitrogen and oxygen atoms in total. The summed E-state index contributed by atoms with van der Waals surface area (Å²) in [5.41, 5.74) is 0.905.